The van der Waals surface area contributed by atoms with Crippen LogP contribution in [-0.4, -0.2) is 41.2 Å². The number of aliphatic hydroxyl groups is 1. The molecule has 0 saturated heterocycles. The standard InChI is InChI=1S/C14H19N3O4/c1-17-12(15-8-16-17)7-10(18)9-5-6-11(19-2)14(21-4)13(9)20-3/h5-6,8,10,18H,7H2,1-4H3. The van der Waals surface area contributed by atoms with Gasteiger partial charge in [-0.3, -0.25) is 4.68 Å². The molecule has 114 valence electrons. The molecule has 1 aromatic heterocycles. The molecule has 0 saturated carbocycles. The van der Waals surface area contributed by atoms with Crippen molar-refractivity contribution in [3.05, 3.63) is 29.8 Å². The molecular formula is C14H19N3O4. The molecule has 21 heavy (non-hydrogen) atoms. The van der Waals surface area contributed by atoms with Gasteiger partial charge in [-0.2, -0.15) is 5.10 Å². The van der Waals surface area contributed by atoms with E-state index < -0.39 is 6.10 Å². The van der Waals surface area contributed by atoms with Crippen molar-refractivity contribution in [2.75, 3.05) is 21.3 Å². The Morgan fingerprint density at radius 3 is 2.38 bits per heavy atom. The summed E-state index contributed by atoms with van der Waals surface area (Å²) in [7, 11) is 6.38. The predicted octanol–water partition coefficient (Wildman–Crippen LogP) is 1.12. The van der Waals surface area contributed by atoms with Crippen LogP contribution in [0.5, 0.6) is 17.2 Å². The first-order valence-corrected chi connectivity index (χ1v) is 6.42. The maximum Gasteiger partial charge on any atom is 0.203 e. The molecule has 0 fully saturated rings. The van der Waals surface area contributed by atoms with Crippen LogP contribution in [0.1, 0.15) is 17.5 Å². The molecule has 0 aliphatic carbocycles. The molecule has 0 radical (unpaired) electrons. The molecule has 1 N–H and O–H groups in total. The zero-order chi connectivity index (χ0) is 15.4. The van der Waals surface area contributed by atoms with E-state index in [1.807, 2.05) is 0 Å². The van der Waals surface area contributed by atoms with Crippen molar-refractivity contribution < 1.29 is 19.3 Å². The average molecular weight is 293 g/mol. The molecule has 0 spiro atoms. The molecule has 0 aliphatic rings. The minimum absolute atomic E-state index is 0.322. The van der Waals surface area contributed by atoms with Crippen molar-refractivity contribution in [1.29, 1.82) is 0 Å². The molecule has 0 bridgehead atoms. The lowest BCUT2D eigenvalue weighted by Crippen LogP contribution is -2.09. The highest BCUT2D eigenvalue weighted by Gasteiger charge is 2.22. The van der Waals surface area contributed by atoms with Crippen molar-refractivity contribution in [3.8, 4) is 17.2 Å². The third kappa shape index (κ3) is 2.92. The van der Waals surface area contributed by atoms with E-state index in [1.54, 1.807) is 31.0 Å². The van der Waals surface area contributed by atoms with Gasteiger partial charge in [-0.25, -0.2) is 4.98 Å². The van der Waals surface area contributed by atoms with E-state index in [2.05, 4.69) is 10.1 Å². The van der Waals surface area contributed by atoms with Crippen LogP contribution in [0.4, 0.5) is 0 Å². The summed E-state index contributed by atoms with van der Waals surface area (Å²) in [5.41, 5.74) is 0.609. The molecule has 1 unspecified atom stereocenters. The fraction of sp³-hybridized carbons (Fsp3) is 0.429. The number of ether oxygens (including phenoxy) is 3. The van der Waals surface area contributed by atoms with E-state index in [1.165, 1.54) is 20.5 Å². The number of methoxy groups -OCH3 is 3. The number of aryl methyl sites for hydroxylation is 1. The van der Waals surface area contributed by atoms with Gasteiger partial charge in [0.1, 0.15) is 12.2 Å². The topological polar surface area (TPSA) is 78.6 Å². The third-order valence-electron chi connectivity index (χ3n) is 3.27. The molecule has 0 aliphatic heterocycles. The molecule has 7 heteroatoms. The van der Waals surface area contributed by atoms with Gasteiger partial charge in [0.25, 0.3) is 0 Å². The van der Waals surface area contributed by atoms with E-state index in [9.17, 15) is 5.11 Å². The van der Waals surface area contributed by atoms with Gasteiger partial charge in [0.05, 0.1) is 27.4 Å². The van der Waals surface area contributed by atoms with Crippen LogP contribution in [0.25, 0.3) is 0 Å². The first-order valence-electron chi connectivity index (χ1n) is 6.42. The fourth-order valence-electron chi connectivity index (χ4n) is 2.17. The molecule has 7 nitrogen and oxygen atoms in total. The SMILES string of the molecule is COc1ccc(C(O)Cc2ncnn2C)c(OC)c1OC. The summed E-state index contributed by atoms with van der Waals surface area (Å²) in [5.74, 6) is 2.13. The molecule has 1 aromatic carbocycles. The van der Waals surface area contributed by atoms with Crippen LogP contribution in [0.2, 0.25) is 0 Å². The lowest BCUT2D eigenvalue weighted by Gasteiger charge is -2.18. The first kappa shape index (κ1) is 15.1. The van der Waals surface area contributed by atoms with Crippen LogP contribution in [0.3, 0.4) is 0 Å². The van der Waals surface area contributed by atoms with Crippen molar-refractivity contribution in [2.24, 2.45) is 7.05 Å². The molecular weight excluding hydrogens is 274 g/mol. The zero-order valence-corrected chi connectivity index (χ0v) is 12.5. The lowest BCUT2D eigenvalue weighted by atomic mass is 10.0. The summed E-state index contributed by atoms with van der Waals surface area (Å²) in [5, 5.41) is 14.4. The fourth-order valence-corrected chi connectivity index (χ4v) is 2.17. The Kier molecular flexibility index (Phi) is 4.64. The van der Waals surface area contributed by atoms with Crippen LogP contribution in [0.15, 0.2) is 18.5 Å². The van der Waals surface area contributed by atoms with E-state index >= 15 is 0 Å². The van der Waals surface area contributed by atoms with Gasteiger partial charge >= 0.3 is 0 Å². The van der Waals surface area contributed by atoms with Crippen LogP contribution >= 0.6 is 0 Å². The van der Waals surface area contributed by atoms with Gasteiger partial charge in [-0.15, -0.1) is 0 Å². The van der Waals surface area contributed by atoms with E-state index in [-0.39, 0.29) is 0 Å². The average Bonchev–Trinajstić information content (AvgIpc) is 2.90. The normalized spacial score (nSPS) is 12.0. The number of nitrogens with zero attached hydrogens (tertiary/aromatic N) is 3. The van der Waals surface area contributed by atoms with Crippen molar-refractivity contribution >= 4 is 0 Å². The van der Waals surface area contributed by atoms with Gasteiger partial charge < -0.3 is 19.3 Å². The third-order valence-corrected chi connectivity index (χ3v) is 3.27. The van der Waals surface area contributed by atoms with Gasteiger partial charge in [0, 0.05) is 19.0 Å². The highest BCUT2D eigenvalue weighted by atomic mass is 16.5. The summed E-state index contributed by atoms with van der Waals surface area (Å²) < 4.78 is 17.5. The summed E-state index contributed by atoms with van der Waals surface area (Å²) in [6, 6.07) is 3.48. The number of benzene rings is 1. The van der Waals surface area contributed by atoms with Crippen molar-refractivity contribution in [1.82, 2.24) is 14.8 Å². The predicted molar refractivity (Wildman–Crippen MR) is 75.8 cm³/mol. The van der Waals surface area contributed by atoms with Crippen LogP contribution < -0.4 is 14.2 Å². The minimum Gasteiger partial charge on any atom is -0.493 e. The molecule has 2 rings (SSSR count). The Morgan fingerprint density at radius 1 is 1.14 bits per heavy atom. The Morgan fingerprint density at radius 2 is 1.86 bits per heavy atom. The van der Waals surface area contributed by atoms with Gasteiger partial charge in [-0.05, 0) is 12.1 Å². The smallest absolute Gasteiger partial charge is 0.203 e. The molecule has 1 atom stereocenters. The second-order valence-corrected chi connectivity index (χ2v) is 4.44. The number of hydrogen-bond donors (Lipinski definition) is 1. The van der Waals surface area contributed by atoms with Gasteiger partial charge in [0.15, 0.2) is 11.5 Å². The van der Waals surface area contributed by atoms with Crippen LogP contribution in [0, 0.1) is 0 Å². The summed E-state index contributed by atoms with van der Waals surface area (Å²) >= 11 is 0. The zero-order valence-electron chi connectivity index (χ0n) is 12.5. The van der Waals surface area contributed by atoms with E-state index in [0.717, 1.165) is 0 Å². The number of aromatic nitrogens is 3. The van der Waals surface area contributed by atoms with E-state index in [0.29, 0.717) is 35.1 Å². The largest absolute Gasteiger partial charge is 0.493 e. The maximum absolute atomic E-state index is 10.5. The first-order chi connectivity index (χ1) is 10.1. The lowest BCUT2D eigenvalue weighted by molar-refractivity contribution is 0.168. The Balaban J connectivity index is 2.36. The van der Waals surface area contributed by atoms with Crippen molar-refractivity contribution in [2.45, 2.75) is 12.5 Å². The summed E-state index contributed by atoms with van der Waals surface area (Å²) in [4.78, 5) is 4.11. The van der Waals surface area contributed by atoms with Gasteiger partial charge in [-0.1, -0.05) is 0 Å². The minimum atomic E-state index is -0.789. The van der Waals surface area contributed by atoms with Crippen LogP contribution in [-0.2, 0) is 13.5 Å². The Hall–Kier alpha value is -2.28. The second kappa shape index (κ2) is 6.45. The van der Waals surface area contributed by atoms with Crippen molar-refractivity contribution in [3.63, 3.8) is 0 Å². The second-order valence-electron chi connectivity index (χ2n) is 4.44. The molecule has 0 amide bonds. The summed E-state index contributed by atoms with van der Waals surface area (Å²) in [6.45, 7) is 0. The Bertz CT molecular complexity index is 612. The highest BCUT2D eigenvalue weighted by Crippen LogP contribution is 2.42. The number of rotatable bonds is 6. The van der Waals surface area contributed by atoms with Gasteiger partial charge in [0.2, 0.25) is 5.75 Å². The number of aliphatic hydroxyl groups excluding tert-OH is 1. The molecule has 2 aromatic rings. The van der Waals surface area contributed by atoms with E-state index in [4.69, 9.17) is 14.2 Å². The highest BCUT2D eigenvalue weighted by molar-refractivity contribution is 5.56. The Labute approximate surface area is 123 Å². The monoisotopic (exact) mass is 293 g/mol. The maximum atomic E-state index is 10.5. The molecule has 1 heterocycles. The summed E-state index contributed by atoms with van der Waals surface area (Å²) in [6.07, 6.45) is 0.985. The quantitative estimate of drug-likeness (QED) is 0.860. The number of hydrogen-bond acceptors (Lipinski definition) is 6.